The molecular formula is C73H122N2O7P+. The molecule has 0 aliphatic carbocycles. The first-order chi connectivity index (χ1) is 40.4. The van der Waals surface area contributed by atoms with Gasteiger partial charge in [0, 0.05) is 12.8 Å². The summed E-state index contributed by atoms with van der Waals surface area (Å²) in [5.41, 5.74) is 0. The maximum atomic E-state index is 13.6. The van der Waals surface area contributed by atoms with Crippen LogP contribution in [-0.2, 0) is 27.9 Å². The second-order valence-corrected chi connectivity index (χ2v) is 24.0. The Kier molecular flexibility index (Phi) is 57.5. The summed E-state index contributed by atoms with van der Waals surface area (Å²) in [4.78, 5) is 37.8. The van der Waals surface area contributed by atoms with Crippen LogP contribution in [0.15, 0.2) is 158 Å². The van der Waals surface area contributed by atoms with E-state index in [1.807, 2.05) is 39.4 Å². The second-order valence-electron chi connectivity index (χ2n) is 22.5. The van der Waals surface area contributed by atoms with E-state index in [1.54, 1.807) is 0 Å². The fourth-order valence-corrected chi connectivity index (χ4v) is 9.23. The molecule has 0 bridgehead atoms. The Balaban J connectivity index is 5.36. The van der Waals surface area contributed by atoms with E-state index in [4.69, 9.17) is 13.8 Å². The maximum absolute atomic E-state index is 13.6. The Morgan fingerprint density at radius 3 is 1.18 bits per heavy atom. The van der Waals surface area contributed by atoms with Gasteiger partial charge in [-0.1, -0.05) is 263 Å². The summed E-state index contributed by atoms with van der Waals surface area (Å²) in [6.07, 6.45) is 89.7. The fraction of sp³-hybridized carbons (Fsp3) is 0.616. The van der Waals surface area contributed by atoms with Crippen LogP contribution in [0.25, 0.3) is 0 Å². The molecule has 0 aliphatic rings. The van der Waals surface area contributed by atoms with Crippen molar-refractivity contribution in [3.05, 3.63) is 158 Å². The minimum atomic E-state index is -4.49. The smallest absolute Gasteiger partial charge is 0.456 e. The zero-order valence-corrected chi connectivity index (χ0v) is 54.5. The summed E-state index contributed by atoms with van der Waals surface area (Å²) in [6.45, 7) is 6.71. The van der Waals surface area contributed by atoms with Crippen LogP contribution in [0.4, 0.5) is 0 Å². The molecule has 470 valence electrons. The highest BCUT2D eigenvalue weighted by atomic mass is 31.2. The van der Waals surface area contributed by atoms with Crippen molar-refractivity contribution in [1.29, 1.82) is 0 Å². The minimum Gasteiger partial charge on any atom is -0.456 e. The first-order valence-corrected chi connectivity index (χ1v) is 34.3. The van der Waals surface area contributed by atoms with E-state index in [9.17, 15) is 19.0 Å². The molecule has 0 spiro atoms. The van der Waals surface area contributed by atoms with E-state index >= 15 is 0 Å². The van der Waals surface area contributed by atoms with E-state index in [2.05, 4.69) is 166 Å². The number of esters is 1. The van der Waals surface area contributed by atoms with E-state index < -0.39 is 25.9 Å². The number of phosphoric ester groups is 1. The highest BCUT2D eigenvalue weighted by Crippen LogP contribution is 2.43. The summed E-state index contributed by atoms with van der Waals surface area (Å²) in [6, 6.07) is -0.901. The number of likely N-dealkylation sites (N-methyl/N-ethyl adjacent to an activating group) is 1. The lowest BCUT2D eigenvalue weighted by Gasteiger charge is -2.27. The third-order valence-electron chi connectivity index (χ3n) is 13.5. The number of nitrogens with zero attached hydrogens (tertiary/aromatic N) is 1. The number of ether oxygens (including phenoxy) is 1. The average Bonchev–Trinajstić information content (AvgIpc) is 3.46. The number of carbonyl (C=O) groups is 2. The number of hydrogen-bond acceptors (Lipinski definition) is 6. The van der Waals surface area contributed by atoms with Crippen molar-refractivity contribution in [2.24, 2.45) is 0 Å². The SMILES string of the molecule is CC/C=C\C/C=C\C/C=C\C/C=C\C/C=C\C/C=C\CCCCCCCCC(=O)NC(COP(=O)(O)OCC[N+](C)(C)C)C(/C=C\CCCCCCCCCCCCC)OC(=O)CC/C=C\C/C=C\C/C=C\C/C=C\C/C=C\C/C=C\CC. The normalized spacial score (nSPS) is 14.6. The van der Waals surface area contributed by atoms with Crippen molar-refractivity contribution in [1.82, 2.24) is 5.32 Å². The molecule has 2 N–H and O–H groups in total. The van der Waals surface area contributed by atoms with Crippen LogP contribution in [0.3, 0.4) is 0 Å². The maximum Gasteiger partial charge on any atom is 0.472 e. The molecule has 0 saturated carbocycles. The summed E-state index contributed by atoms with van der Waals surface area (Å²) < 4.78 is 30.7. The summed E-state index contributed by atoms with van der Waals surface area (Å²) in [5, 5.41) is 3.03. The molecule has 0 aromatic heterocycles. The molecule has 0 rings (SSSR count). The number of carbonyl (C=O) groups excluding carboxylic acids is 2. The third kappa shape index (κ3) is 62.0. The number of phosphoric acid groups is 1. The zero-order valence-electron chi connectivity index (χ0n) is 53.6. The van der Waals surface area contributed by atoms with Gasteiger partial charge in [-0.15, -0.1) is 0 Å². The highest BCUT2D eigenvalue weighted by Gasteiger charge is 2.30. The number of quaternary nitrogens is 1. The number of allylic oxidation sites excluding steroid dienone is 25. The van der Waals surface area contributed by atoms with Crippen molar-refractivity contribution >= 4 is 19.7 Å². The molecule has 83 heavy (non-hydrogen) atoms. The van der Waals surface area contributed by atoms with E-state index in [1.165, 1.54) is 57.8 Å². The number of hydrogen-bond donors (Lipinski definition) is 2. The first kappa shape index (κ1) is 78.6. The van der Waals surface area contributed by atoms with E-state index in [0.717, 1.165) is 135 Å². The fourth-order valence-electron chi connectivity index (χ4n) is 8.50. The molecule has 9 nitrogen and oxygen atoms in total. The molecule has 10 heteroatoms. The molecule has 0 aromatic rings. The predicted octanol–water partition coefficient (Wildman–Crippen LogP) is 20.8. The molecule has 3 atom stereocenters. The van der Waals surface area contributed by atoms with Crippen molar-refractivity contribution in [2.45, 2.75) is 251 Å². The van der Waals surface area contributed by atoms with Crippen LogP contribution in [0.1, 0.15) is 239 Å². The number of rotatable bonds is 57. The third-order valence-corrected chi connectivity index (χ3v) is 14.5. The molecule has 3 unspecified atom stereocenters. The van der Waals surface area contributed by atoms with Gasteiger partial charge >= 0.3 is 13.8 Å². The van der Waals surface area contributed by atoms with Gasteiger partial charge in [0.2, 0.25) is 5.91 Å². The van der Waals surface area contributed by atoms with Gasteiger partial charge in [-0.2, -0.15) is 0 Å². The topological polar surface area (TPSA) is 111 Å². The molecule has 0 fully saturated rings. The van der Waals surface area contributed by atoms with Crippen LogP contribution in [0.2, 0.25) is 0 Å². The predicted molar refractivity (Wildman–Crippen MR) is 359 cm³/mol. The number of unbranched alkanes of at least 4 members (excludes halogenated alkanes) is 17. The Morgan fingerprint density at radius 2 is 0.783 bits per heavy atom. The van der Waals surface area contributed by atoms with E-state index in [0.29, 0.717) is 23.9 Å². The van der Waals surface area contributed by atoms with Gasteiger partial charge in [-0.3, -0.25) is 18.6 Å². The molecule has 0 aromatic carbocycles. The zero-order chi connectivity index (χ0) is 60.7. The molecule has 0 saturated heterocycles. The Labute approximate surface area is 510 Å². The van der Waals surface area contributed by atoms with Crippen molar-refractivity contribution in [3.63, 3.8) is 0 Å². The highest BCUT2D eigenvalue weighted by molar-refractivity contribution is 7.47. The van der Waals surface area contributed by atoms with Crippen LogP contribution in [0.5, 0.6) is 0 Å². The Morgan fingerprint density at radius 1 is 0.434 bits per heavy atom. The van der Waals surface area contributed by atoms with Gasteiger partial charge in [0.1, 0.15) is 19.3 Å². The monoisotopic (exact) mass is 1170 g/mol. The summed E-state index contributed by atoms with van der Waals surface area (Å²) >= 11 is 0. The largest absolute Gasteiger partial charge is 0.472 e. The van der Waals surface area contributed by atoms with Crippen LogP contribution < -0.4 is 5.32 Å². The van der Waals surface area contributed by atoms with Crippen molar-refractivity contribution < 1.29 is 37.3 Å². The Bertz CT molecular complexity index is 1980. The number of amides is 1. The first-order valence-electron chi connectivity index (χ1n) is 32.8. The lowest BCUT2D eigenvalue weighted by molar-refractivity contribution is -0.870. The molecule has 0 radical (unpaired) electrons. The summed E-state index contributed by atoms with van der Waals surface area (Å²) in [7, 11) is 1.42. The average molecular weight is 1170 g/mol. The van der Waals surface area contributed by atoms with Gasteiger partial charge in [0.25, 0.3) is 0 Å². The summed E-state index contributed by atoms with van der Waals surface area (Å²) in [5.74, 6) is -0.631. The second kappa shape index (κ2) is 60.7. The number of nitrogens with one attached hydrogen (secondary N) is 1. The Hall–Kier alpha value is -4.37. The van der Waals surface area contributed by atoms with Crippen molar-refractivity contribution in [2.75, 3.05) is 40.9 Å². The molecule has 1 amide bonds. The van der Waals surface area contributed by atoms with E-state index in [-0.39, 0.29) is 32.0 Å². The quantitative estimate of drug-likeness (QED) is 0.0205. The van der Waals surface area contributed by atoms with Gasteiger partial charge in [0.15, 0.2) is 0 Å². The van der Waals surface area contributed by atoms with Gasteiger partial charge in [0.05, 0.1) is 33.8 Å². The van der Waals surface area contributed by atoms with Gasteiger partial charge in [-0.25, -0.2) is 4.57 Å². The molecule has 0 heterocycles. The standard InChI is InChI=1S/C73H121N2O7P/c1-7-10-13-16-19-22-25-28-30-32-34-35-36-37-38-39-41-42-44-47-50-53-56-59-62-65-72(76)74-70(69-81-83(78,79)80-68-67-75(4,5)6)71(64-61-58-55-52-49-46-27-24-21-18-15-12-9-3)82-73(77)66-63-60-57-54-51-48-45-43-40-33-31-29-26-23-20-17-14-11-8-2/h10-11,13-14,19-20,22-23,28-31,34-35,37-38,40-43,48,51,57,60-61,64,70-71H,7-9,12,15-18,21,24-27,32-33,36,39,44-47,49-50,52-56,58-59,62-63,65-69H2,1-6H3,(H-,74,76,78,79)/p+1/b13-10-,14-11-,22-19-,23-20-,30-28-,31-29-,35-34-,38-37-,42-41-,43-40-,51-48-,60-57-,64-61-. The minimum absolute atomic E-state index is 0.0166. The lowest BCUT2D eigenvalue weighted by Crippen LogP contribution is -2.47. The molecular weight excluding hydrogens is 1050 g/mol. The lowest BCUT2D eigenvalue weighted by atomic mass is 10.0. The van der Waals surface area contributed by atoms with Gasteiger partial charge in [-0.05, 0) is 122 Å². The molecule has 0 aliphatic heterocycles. The van der Waals surface area contributed by atoms with Crippen LogP contribution in [0, 0.1) is 0 Å². The van der Waals surface area contributed by atoms with Gasteiger partial charge < -0.3 is 19.4 Å². The van der Waals surface area contributed by atoms with Crippen LogP contribution >= 0.6 is 7.82 Å². The van der Waals surface area contributed by atoms with Crippen molar-refractivity contribution in [3.8, 4) is 0 Å². The van der Waals surface area contributed by atoms with Crippen LogP contribution in [-0.4, -0.2) is 74.3 Å².